The molecular weight excluding hydrogens is 255 g/mol. The quantitative estimate of drug-likeness (QED) is 0.877. The number of halogens is 1. The number of carbonyl (C=O) groups is 1. The highest BCUT2D eigenvalue weighted by molar-refractivity contribution is 5.75. The fraction of sp³-hybridized carbons (Fsp3) is 0.562. The Hall–Kier alpha value is -1.58. The first-order valence-corrected chi connectivity index (χ1v) is 7.32. The highest BCUT2D eigenvalue weighted by Crippen LogP contribution is 2.32. The summed E-state index contributed by atoms with van der Waals surface area (Å²) in [6.07, 6.45) is 3.08. The number of hydrogen-bond acceptors (Lipinski definition) is 1. The molecule has 1 atom stereocenters. The Morgan fingerprint density at radius 3 is 2.80 bits per heavy atom. The highest BCUT2D eigenvalue weighted by Gasteiger charge is 2.29. The van der Waals surface area contributed by atoms with Crippen molar-refractivity contribution in [1.29, 1.82) is 0 Å². The lowest BCUT2D eigenvalue weighted by Crippen LogP contribution is -2.46. The van der Waals surface area contributed by atoms with Crippen LogP contribution in [-0.2, 0) is 0 Å². The number of benzene rings is 1. The van der Waals surface area contributed by atoms with E-state index in [4.69, 9.17) is 0 Å². The molecule has 1 aliphatic heterocycles. The fourth-order valence-corrected chi connectivity index (χ4v) is 2.84. The maximum Gasteiger partial charge on any atom is 0.318 e. The third-order valence-corrected chi connectivity index (χ3v) is 3.77. The molecular formula is C16H23FN2O. The molecule has 4 heteroatoms. The van der Waals surface area contributed by atoms with Crippen LogP contribution in [0.2, 0.25) is 0 Å². The summed E-state index contributed by atoms with van der Waals surface area (Å²) < 4.78 is 13.2. The molecule has 0 aromatic heterocycles. The lowest BCUT2D eigenvalue weighted by atomic mass is 9.92. The summed E-state index contributed by atoms with van der Waals surface area (Å²) in [5, 5.41) is 2.96. The van der Waals surface area contributed by atoms with Crippen molar-refractivity contribution < 1.29 is 9.18 Å². The van der Waals surface area contributed by atoms with E-state index in [1.54, 1.807) is 6.07 Å². The van der Waals surface area contributed by atoms with E-state index in [0.717, 1.165) is 36.9 Å². The third-order valence-electron chi connectivity index (χ3n) is 3.77. The minimum atomic E-state index is -0.222. The molecule has 0 bridgehead atoms. The molecule has 20 heavy (non-hydrogen) atoms. The van der Waals surface area contributed by atoms with Gasteiger partial charge in [-0.15, -0.1) is 0 Å². The molecule has 1 heterocycles. The molecule has 2 amide bonds. The van der Waals surface area contributed by atoms with Crippen LogP contribution in [0.3, 0.4) is 0 Å². The number of nitrogens with one attached hydrogen (secondary N) is 1. The van der Waals surface area contributed by atoms with Crippen LogP contribution in [0, 0.1) is 12.7 Å². The van der Waals surface area contributed by atoms with E-state index >= 15 is 0 Å². The van der Waals surface area contributed by atoms with Gasteiger partial charge in [-0.05, 0) is 63.3 Å². The predicted octanol–water partition coefficient (Wildman–Crippen LogP) is 3.78. The second-order valence-electron chi connectivity index (χ2n) is 5.81. The van der Waals surface area contributed by atoms with Gasteiger partial charge in [0.1, 0.15) is 5.82 Å². The minimum absolute atomic E-state index is 0.0200. The number of amides is 2. The number of piperidine rings is 1. The average molecular weight is 278 g/mol. The lowest BCUT2D eigenvalue weighted by Gasteiger charge is -2.37. The first kappa shape index (κ1) is 14.8. The second kappa shape index (κ2) is 6.25. The summed E-state index contributed by atoms with van der Waals surface area (Å²) in [5.74, 6) is -0.222. The van der Waals surface area contributed by atoms with Crippen molar-refractivity contribution in [1.82, 2.24) is 10.2 Å². The predicted molar refractivity (Wildman–Crippen MR) is 78.1 cm³/mol. The number of aryl methyl sites for hydroxylation is 1. The summed E-state index contributed by atoms with van der Waals surface area (Å²) in [5.41, 5.74) is 1.98. The Kier molecular flexibility index (Phi) is 4.63. The van der Waals surface area contributed by atoms with Gasteiger partial charge in [-0.3, -0.25) is 0 Å². The zero-order valence-corrected chi connectivity index (χ0v) is 12.4. The molecule has 1 fully saturated rings. The van der Waals surface area contributed by atoms with Gasteiger partial charge in [0.15, 0.2) is 0 Å². The molecule has 1 unspecified atom stereocenters. The molecule has 1 aromatic carbocycles. The normalized spacial score (nSPS) is 19.2. The van der Waals surface area contributed by atoms with E-state index in [1.807, 2.05) is 31.7 Å². The van der Waals surface area contributed by atoms with Crippen molar-refractivity contribution >= 4 is 6.03 Å². The Bertz CT molecular complexity index is 487. The Morgan fingerprint density at radius 2 is 2.15 bits per heavy atom. The molecule has 0 aliphatic carbocycles. The Balaban J connectivity index is 2.24. The fourth-order valence-electron chi connectivity index (χ4n) is 2.84. The third kappa shape index (κ3) is 3.30. The molecule has 110 valence electrons. The van der Waals surface area contributed by atoms with Crippen molar-refractivity contribution in [3.8, 4) is 0 Å². The molecule has 0 spiro atoms. The number of carbonyl (C=O) groups excluding carboxylic acids is 1. The largest absolute Gasteiger partial charge is 0.336 e. The van der Waals surface area contributed by atoms with Gasteiger partial charge in [-0.25, -0.2) is 9.18 Å². The summed E-state index contributed by atoms with van der Waals surface area (Å²) in [6, 6.07) is 5.00. The monoisotopic (exact) mass is 278 g/mol. The summed E-state index contributed by atoms with van der Waals surface area (Å²) >= 11 is 0. The van der Waals surface area contributed by atoms with E-state index in [1.165, 1.54) is 6.07 Å². The van der Waals surface area contributed by atoms with Gasteiger partial charge in [0.2, 0.25) is 0 Å². The van der Waals surface area contributed by atoms with Crippen LogP contribution in [-0.4, -0.2) is 23.5 Å². The van der Waals surface area contributed by atoms with Gasteiger partial charge < -0.3 is 10.2 Å². The van der Waals surface area contributed by atoms with Crippen molar-refractivity contribution in [3.63, 3.8) is 0 Å². The molecule has 3 nitrogen and oxygen atoms in total. The standard InChI is InChI=1S/C16H23FN2O/c1-11(2)18-16(20)19-9-5-4-6-15(19)14-8-7-13(17)10-12(14)3/h7-8,10-11,15H,4-6,9H2,1-3H3,(H,18,20). The maximum atomic E-state index is 13.2. The Morgan fingerprint density at radius 1 is 1.40 bits per heavy atom. The van der Waals surface area contributed by atoms with E-state index < -0.39 is 0 Å². The Labute approximate surface area is 120 Å². The van der Waals surface area contributed by atoms with Crippen LogP contribution in [0.1, 0.15) is 50.3 Å². The van der Waals surface area contributed by atoms with Crippen LogP contribution < -0.4 is 5.32 Å². The van der Waals surface area contributed by atoms with Gasteiger partial charge in [0.05, 0.1) is 6.04 Å². The zero-order chi connectivity index (χ0) is 14.7. The molecule has 0 radical (unpaired) electrons. The molecule has 2 rings (SSSR count). The minimum Gasteiger partial charge on any atom is -0.336 e. The van der Waals surface area contributed by atoms with Crippen LogP contribution in [0.4, 0.5) is 9.18 Å². The lowest BCUT2D eigenvalue weighted by molar-refractivity contribution is 0.149. The number of urea groups is 1. The van der Waals surface area contributed by atoms with Gasteiger partial charge in [0, 0.05) is 12.6 Å². The van der Waals surface area contributed by atoms with Gasteiger partial charge >= 0.3 is 6.03 Å². The van der Waals surface area contributed by atoms with Gasteiger partial charge in [-0.2, -0.15) is 0 Å². The van der Waals surface area contributed by atoms with Crippen LogP contribution in [0.5, 0.6) is 0 Å². The highest BCUT2D eigenvalue weighted by atomic mass is 19.1. The van der Waals surface area contributed by atoms with E-state index in [0.29, 0.717) is 0 Å². The second-order valence-corrected chi connectivity index (χ2v) is 5.81. The van der Waals surface area contributed by atoms with E-state index in [-0.39, 0.29) is 23.9 Å². The first-order valence-electron chi connectivity index (χ1n) is 7.32. The van der Waals surface area contributed by atoms with Crippen LogP contribution in [0.25, 0.3) is 0 Å². The zero-order valence-electron chi connectivity index (χ0n) is 12.4. The first-order chi connectivity index (χ1) is 9.49. The van der Waals surface area contributed by atoms with Crippen molar-refractivity contribution in [2.24, 2.45) is 0 Å². The smallest absolute Gasteiger partial charge is 0.318 e. The van der Waals surface area contributed by atoms with Crippen molar-refractivity contribution in [2.45, 2.75) is 52.1 Å². The van der Waals surface area contributed by atoms with Crippen LogP contribution >= 0.6 is 0 Å². The van der Waals surface area contributed by atoms with E-state index in [9.17, 15) is 9.18 Å². The van der Waals surface area contributed by atoms with Crippen LogP contribution in [0.15, 0.2) is 18.2 Å². The number of rotatable bonds is 2. The van der Waals surface area contributed by atoms with E-state index in [2.05, 4.69) is 5.32 Å². The topological polar surface area (TPSA) is 32.3 Å². The average Bonchev–Trinajstić information content (AvgIpc) is 2.38. The molecule has 1 aromatic rings. The number of hydrogen-bond donors (Lipinski definition) is 1. The van der Waals surface area contributed by atoms with Gasteiger partial charge in [0.25, 0.3) is 0 Å². The summed E-state index contributed by atoms with van der Waals surface area (Å²) in [4.78, 5) is 14.2. The number of nitrogens with zero attached hydrogens (tertiary/aromatic N) is 1. The SMILES string of the molecule is Cc1cc(F)ccc1C1CCCCN1C(=O)NC(C)C. The van der Waals surface area contributed by atoms with Crippen molar-refractivity contribution in [2.75, 3.05) is 6.54 Å². The maximum absolute atomic E-state index is 13.2. The van der Waals surface area contributed by atoms with Gasteiger partial charge in [-0.1, -0.05) is 6.07 Å². The molecule has 1 aliphatic rings. The summed E-state index contributed by atoms with van der Waals surface area (Å²) in [7, 11) is 0. The van der Waals surface area contributed by atoms with Crippen molar-refractivity contribution in [3.05, 3.63) is 35.1 Å². The molecule has 0 saturated carbocycles. The summed E-state index contributed by atoms with van der Waals surface area (Å²) in [6.45, 7) is 6.59. The molecule has 1 N–H and O–H groups in total. The molecule has 1 saturated heterocycles. The number of likely N-dealkylation sites (tertiary alicyclic amines) is 1.